The summed E-state index contributed by atoms with van der Waals surface area (Å²) < 4.78 is 4.90. The van der Waals surface area contributed by atoms with Crippen molar-refractivity contribution in [3.8, 4) is 0 Å². The van der Waals surface area contributed by atoms with E-state index in [2.05, 4.69) is 25.7 Å². The molecule has 1 atom stereocenters. The molecule has 1 unspecified atom stereocenters. The summed E-state index contributed by atoms with van der Waals surface area (Å²) in [6, 6.07) is 0. The number of carbonyl (C=O) groups excluding carboxylic acids is 1. The molecule has 4 heteroatoms. The minimum absolute atomic E-state index is 0.0468. The Morgan fingerprint density at radius 2 is 1.11 bits per heavy atom. The summed E-state index contributed by atoms with van der Waals surface area (Å²) in [5.41, 5.74) is 0. The Kier molecular flexibility index (Phi) is 26.8. The molecule has 0 amide bonds. The molecule has 0 rings (SSSR count). The average molecular weight is 507 g/mol. The van der Waals surface area contributed by atoms with E-state index in [1.165, 1.54) is 122 Å². The van der Waals surface area contributed by atoms with Gasteiger partial charge in [0.15, 0.2) is 0 Å². The van der Waals surface area contributed by atoms with Crippen molar-refractivity contribution in [2.75, 3.05) is 6.61 Å². The van der Waals surface area contributed by atoms with Crippen molar-refractivity contribution in [3.63, 3.8) is 0 Å². The quantitative estimate of drug-likeness (QED) is 0.0651. The number of carbonyl (C=O) groups is 2. The predicted octanol–water partition coefficient (Wildman–Crippen LogP) is 9.96. The van der Waals surface area contributed by atoms with E-state index in [4.69, 9.17) is 4.74 Å². The van der Waals surface area contributed by atoms with Crippen molar-refractivity contribution in [2.45, 2.75) is 155 Å². The number of aliphatic carboxylic acids is 1. The first-order valence-corrected chi connectivity index (χ1v) is 15.3. The maximum atomic E-state index is 11.6. The molecule has 36 heavy (non-hydrogen) atoms. The summed E-state index contributed by atoms with van der Waals surface area (Å²) in [4.78, 5) is 22.9. The molecule has 0 spiro atoms. The molecule has 0 aliphatic carbocycles. The van der Waals surface area contributed by atoms with Gasteiger partial charge in [-0.25, -0.2) is 0 Å². The number of rotatable bonds is 28. The van der Waals surface area contributed by atoms with E-state index >= 15 is 0 Å². The molecule has 0 saturated carbocycles. The van der Waals surface area contributed by atoms with Gasteiger partial charge in [0.05, 0.1) is 12.3 Å². The van der Waals surface area contributed by atoms with Gasteiger partial charge in [-0.1, -0.05) is 141 Å². The molecule has 0 fully saturated rings. The van der Waals surface area contributed by atoms with Crippen LogP contribution in [-0.4, -0.2) is 23.7 Å². The van der Waals surface area contributed by atoms with Gasteiger partial charge in [0.2, 0.25) is 0 Å². The van der Waals surface area contributed by atoms with Crippen LogP contribution in [0.5, 0.6) is 0 Å². The molecule has 0 aromatic rings. The SMILES string of the molecule is C=CCOC(=O)CC(CCCCCCCC/C=C/CCCCCCCCCCCCCCC)C(=O)O. The fraction of sp³-hybridized carbons (Fsp3) is 0.812. The summed E-state index contributed by atoms with van der Waals surface area (Å²) in [6.07, 6.45) is 34.1. The van der Waals surface area contributed by atoms with E-state index in [9.17, 15) is 14.7 Å². The summed E-state index contributed by atoms with van der Waals surface area (Å²) in [5, 5.41) is 9.29. The Bertz CT molecular complexity index is 540. The molecule has 0 aromatic heterocycles. The van der Waals surface area contributed by atoms with Gasteiger partial charge >= 0.3 is 11.9 Å². The second kappa shape index (κ2) is 28.0. The highest BCUT2D eigenvalue weighted by atomic mass is 16.5. The van der Waals surface area contributed by atoms with Gasteiger partial charge in [-0.15, -0.1) is 0 Å². The number of allylic oxidation sites excluding steroid dienone is 2. The zero-order valence-corrected chi connectivity index (χ0v) is 23.7. The van der Waals surface area contributed by atoms with E-state index in [-0.39, 0.29) is 13.0 Å². The van der Waals surface area contributed by atoms with Crippen LogP contribution in [-0.2, 0) is 14.3 Å². The van der Waals surface area contributed by atoms with Gasteiger partial charge in [0, 0.05) is 0 Å². The number of unbranched alkanes of at least 4 members (excludes halogenated alkanes) is 19. The van der Waals surface area contributed by atoms with Crippen LogP contribution < -0.4 is 0 Å². The van der Waals surface area contributed by atoms with Gasteiger partial charge in [-0.05, 0) is 32.1 Å². The first-order chi connectivity index (χ1) is 17.6. The fourth-order valence-corrected chi connectivity index (χ4v) is 4.60. The molecule has 1 N–H and O–H groups in total. The molecule has 210 valence electrons. The number of hydrogen-bond donors (Lipinski definition) is 1. The monoisotopic (exact) mass is 506 g/mol. The fourth-order valence-electron chi connectivity index (χ4n) is 4.60. The summed E-state index contributed by atoms with van der Waals surface area (Å²) >= 11 is 0. The maximum Gasteiger partial charge on any atom is 0.307 e. The second-order valence-corrected chi connectivity index (χ2v) is 10.4. The van der Waals surface area contributed by atoms with Crippen LogP contribution in [0.4, 0.5) is 0 Å². The highest BCUT2D eigenvalue weighted by Crippen LogP contribution is 2.17. The van der Waals surface area contributed by atoms with Crippen molar-refractivity contribution in [1.29, 1.82) is 0 Å². The first kappa shape index (κ1) is 34.4. The van der Waals surface area contributed by atoms with Crippen LogP contribution in [0, 0.1) is 5.92 Å². The zero-order valence-electron chi connectivity index (χ0n) is 23.7. The predicted molar refractivity (Wildman–Crippen MR) is 153 cm³/mol. The Morgan fingerprint density at radius 3 is 1.53 bits per heavy atom. The third kappa shape index (κ3) is 25.5. The van der Waals surface area contributed by atoms with Gasteiger partial charge in [-0.2, -0.15) is 0 Å². The molecule has 4 nitrogen and oxygen atoms in total. The lowest BCUT2D eigenvalue weighted by atomic mass is 9.97. The first-order valence-electron chi connectivity index (χ1n) is 15.3. The summed E-state index contributed by atoms with van der Waals surface area (Å²) in [5.74, 6) is -2.00. The van der Waals surface area contributed by atoms with Crippen LogP contribution in [0.25, 0.3) is 0 Å². The Labute approximate surface area is 223 Å². The number of esters is 1. The third-order valence-corrected chi connectivity index (χ3v) is 6.94. The second-order valence-electron chi connectivity index (χ2n) is 10.4. The van der Waals surface area contributed by atoms with E-state index in [1.54, 1.807) is 0 Å². The normalized spacial score (nSPS) is 12.1. The lowest BCUT2D eigenvalue weighted by Gasteiger charge is -2.11. The molecular formula is C32H58O4. The molecule has 0 heterocycles. The topological polar surface area (TPSA) is 63.6 Å². The van der Waals surface area contributed by atoms with Gasteiger partial charge in [0.25, 0.3) is 0 Å². The Balaban J connectivity index is 3.39. The lowest BCUT2D eigenvalue weighted by Crippen LogP contribution is -2.19. The minimum atomic E-state index is -0.906. The van der Waals surface area contributed by atoms with Crippen molar-refractivity contribution in [1.82, 2.24) is 0 Å². The standard InChI is InChI=1S/C32H58O4/c1-3-5-6-7-8-9-10-11-12-13-14-15-16-17-18-19-20-21-22-23-24-25-26-27-30(32(34)35)29-31(33)36-28-4-2/h4,18-19,30H,2-3,5-17,20-29H2,1H3,(H,34,35)/b19-18+. The molecule has 0 saturated heterocycles. The number of ether oxygens (including phenoxy) is 1. The van der Waals surface area contributed by atoms with Crippen molar-refractivity contribution in [3.05, 3.63) is 24.8 Å². The van der Waals surface area contributed by atoms with Crippen LogP contribution >= 0.6 is 0 Å². The molecule has 0 aromatic carbocycles. The van der Waals surface area contributed by atoms with Crippen molar-refractivity contribution in [2.24, 2.45) is 5.92 Å². The Morgan fingerprint density at radius 1 is 0.694 bits per heavy atom. The van der Waals surface area contributed by atoms with Crippen LogP contribution in [0.3, 0.4) is 0 Å². The van der Waals surface area contributed by atoms with Gasteiger partial charge < -0.3 is 9.84 Å². The zero-order chi connectivity index (χ0) is 26.5. The summed E-state index contributed by atoms with van der Waals surface area (Å²) in [7, 11) is 0. The van der Waals surface area contributed by atoms with Gasteiger partial charge in [0.1, 0.15) is 6.61 Å². The molecule has 0 bridgehead atoms. The van der Waals surface area contributed by atoms with Crippen LogP contribution in [0.1, 0.15) is 155 Å². The largest absolute Gasteiger partial charge is 0.481 e. The summed E-state index contributed by atoms with van der Waals surface area (Å²) in [6.45, 7) is 5.91. The number of carboxylic acid groups (broad SMARTS) is 1. The highest BCUT2D eigenvalue weighted by Gasteiger charge is 2.21. The van der Waals surface area contributed by atoms with E-state index in [0.717, 1.165) is 19.3 Å². The molecule has 0 aliphatic rings. The van der Waals surface area contributed by atoms with E-state index in [1.807, 2.05) is 0 Å². The number of carboxylic acids is 1. The molecule has 0 radical (unpaired) electrons. The molecule has 0 aliphatic heterocycles. The van der Waals surface area contributed by atoms with E-state index in [0.29, 0.717) is 6.42 Å². The Hall–Kier alpha value is -1.58. The van der Waals surface area contributed by atoms with Crippen molar-refractivity contribution >= 4 is 11.9 Å². The van der Waals surface area contributed by atoms with E-state index < -0.39 is 17.9 Å². The average Bonchev–Trinajstić information content (AvgIpc) is 2.87. The van der Waals surface area contributed by atoms with Gasteiger partial charge in [-0.3, -0.25) is 9.59 Å². The molecular weight excluding hydrogens is 448 g/mol. The third-order valence-electron chi connectivity index (χ3n) is 6.94. The maximum absolute atomic E-state index is 11.6. The smallest absolute Gasteiger partial charge is 0.307 e. The number of hydrogen-bond acceptors (Lipinski definition) is 3. The van der Waals surface area contributed by atoms with Crippen LogP contribution in [0.15, 0.2) is 24.8 Å². The minimum Gasteiger partial charge on any atom is -0.481 e. The highest BCUT2D eigenvalue weighted by molar-refractivity contribution is 5.78. The van der Waals surface area contributed by atoms with Crippen molar-refractivity contribution < 1.29 is 19.4 Å². The van der Waals surface area contributed by atoms with Crippen LogP contribution in [0.2, 0.25) is 0 Å². The lowest BCUT2D eigenvalue weighted by molar-refractivity contribution is -0.151.